The molecule has 1 aromatic heterocycles. The number of ether oxygens (including phenoxy) is 2. The predicted molar refractivity (Wildman–Crippen MR) is 109 cm³/mol. The third-order valence-electron chi connectivity index (χ3n) is 4.77. The van der Waals surface area contributed by atoms with Crippen LogP contribution in [0.1, 0.15) is 42.9 Å². The van der Waals surface area contributed by atoms with E-state index in [1.54, 1.807) is 25.1 Å². The van der Waals surface area contributed by atoms with Crippen LogP contribution < -0.4 is 0 Å². The summed E-state index contributed by atoms with van der Waals surface area (Å²) >= 11 is 1.04. The molecule has 0 spiro atoms. The lowest BCUT2D eigenvalue weighted by Gasteiger charge is -2.13. The minimum atomic E-state index is -0.861. The lowest BCUT2D eigenvalue weighted by Crippen LogP contribution is -2.35. The maximum absolute atomic E-state index is 14.4. The molecule has 0 N–H and O–H groups in total. The van der Waals surface area contributed by atoms with E-state index >= 15 is 0 Å². The number of fused-ring (bicyclic) bond motifs is 2. The number of imide groups is 1. The SMILES string of the molecule is CCOC(=O)c1sc2cccc(F)c2c1COC(=O)CN1C(=O)c2ccccc2C1=O. The van der Waals surface area contributed by atoms with Crippen molar-refractivity contribution in [3.05, 3.63) is 69.8 Å². The summed E-state index contributed by atoms with van der Waals surface area (Å²) in [5, 5.41) is 0.170. The van der Waals surface area contributed by atoms with Crippen molar-refractivity contribution in [2.45, 2.75) is 13.5 Å². The Morgan fingerprint density at radius 2 is 1.68 bits per heavy atom. The Hall–Kier alpha value is -3.59. The highest BCUT2D eigenvalue weighted by atomic mass is 32.1. The number of benzene rings is 2. The van der Waals surface area contributed by atoms with Gasteiger partial charge >= 0.3 is 11.9 Å². The van der Waals surface area contributed by atoms with Gasteiger partial charge in [-0.25, -0.2) is 9.18 Å². The maximum Gasteiger partial charge on any atom is 0.348 e. The van der Waals surface area contributed by atoms with Crippen LogP contribution in [0.3, 0.4) is 0 Å². The van der Waals surface area contributed by atoms with E-state index < -0.39 is 42.7 Å². The molecule has 0 fully saturated rings. The molecule has 9 heteroatoms. The van der Waals surface area contributed by atoms with Gasteiger partial charge in [0, 0.05) is 15.6 Å². The van der Waals surface area contributed by atoms with Gasteiger partial charge in [-0.1, -0.05) is 18.2 Å². The van der Waals surface area contributed by atoms with Gasteiger partial charge in [0.2, 0.25) is 0 Å². The van der Waals surface area contributed by atoms with Crippen molar-refractivity contribution in [3.63, 3.8) is 0 Å². The second-order valence-corrected chi connectivity index (χ2v) is 7.70. The van der Waals surface area contributed by atoms with Gasteiger partial charge in [0.1, 0.15) is 23.8 Å². The Kier molecular flexibility index (Phi) is 5.51. The summed E-state index contributed by atoms with van der Waals surface area (Å²) < 4.78 is 25.2. The summed E-state index contributed by atoms with van der Waals surface area (Å²) in [6.07, 6.45) is 0. The van der Waals surface area contributed by atoms with Crippen LogP contribution in [0.25, 0.3) is 10.1 Å². The molecule has 2 heterocycles. The highest BCUT2D eigenvalue weighted by Gasteiger charge is 2.36. The molecular formula is C22H16FNO6S. The highest BCUT2D eigenvalue weighted by Crippen LogP contribution is 2.34. The first-order valence-electron chi connectivity index (χ1n) is 9.40. The van der Waals surface area contributed by atoms with E-state index in [0.717, 1.165) is 16.2 Å². The first-order chi connectivity index (χ1) is 14.9. The molecule has 2 amide bonds. The molecule has 0 saturated heterocycles. The Labute approximate surface area is 180 Å². The van der Waals surface area contributed by atoms with Crippen LogP contribution in [0, 0.1) is 5.82 Å². The molecule has 0 radical (unpaired) electrons. The van der Waals surface area contributed by atoms with E-state index in [1.807, 2.05) is 0 Å². The van der Waals surface area contributed by atoms with Gasteiger partial charge in [-0.15, -0.1) is 11.3 Å². The zero-order valence-corrected chi connectivity index (χ0v) is 17.2. The summed E-state index contributed by atoms with van der Waals surface area (Å²) in [7, 11) is 0. The lowest BCUT2D eigenvalue weighted by molar-refractivity contribution is -0.145. The minimum absolute atomic E-state index is 0.133. The number of carbonyl (C=O) groups excluding carboxylic acids is 4. The van der Waals surface area contributed by atoms with Crippen LogP contribution in [-0.4, -0.2) is 41.8 Å². The minimum Gasteiger partial charge on any atom is -0.462 e. The van der Waals surface area contributed by atoms with Gasteiger partial charge in [0.05, 0.1) is 17.7 Å². The number of halogens is 1. The van der Waals surface area contributed by atoms with Crippen molar-refractivity contribution in [1.82, 2.24) is 4.90 Å². The number of rotatable bonds is 6. The zero-order chi connectivity index (χ0) is 22.1. The Morgan fingerprint density at radius 3 is 2.32 bits per heavy atom. The largest absolute Gasteiger partial charge is 0.462 e. The summed E-state index contributed by atoms with van der Waals surface area (Å²) in [5.74, 6) is -3.24. The molecule has 2 aromatic carbocycles. The third kappa shape index (κ3) is 3.68. The summed E-state index contributed by atoms with van der Waals surface area (Å²) in [6, 6.07) is 10.7. The fraction of sp³-hybridized carbons (Fsp3) is 0.182. The van der Waals surface area contributed by atoms with Crippen molar-refractivity contribution >= 4 is 45.2 Å². The van der Waals surface area contributed by atoms with Crippen LogP contribution in [0.4, 0.5) is 4.39 Å². The Bertz CT molecular complexity index is 1200. The quantitative estimate of drug-likeness (QED) is 0.429. The second kappa shape index (κ2) is 8.27. The van der Waals surface area contributed by atoms with Crippen molar-refractivity contribution in [3.8, 4) is 0 Å². The van der Waals surface area contributed by atoms with Crippen molar-refractivity contribution in [1.29, 1.82) is 0 Å². The monoisotopic (exact) mass is 441 g/mol. The van der Waals surface area contributed by atoms with E-state index in [2.05, 4.69) is 0 Å². The molecule has 158 valence electrons. The van der Waals surface area contributed by atoms with E-state index in [9.17, 15) is 23.6 Å². The van der Waals surface area contributed by atoms with Crippen LogP contribution in [-0.2, 0) is 20.9 Å². The third-order valence-corrected chi connectivity index (χ3v) is 5.94. The van der Waals surface area contributed by atoms with E-state index in [-0.39, 0.29) is 33.6 Å². The molecule has 0 bridgehead atoms. The average Bonchev–Trinajstić information content (AvgIpc) is 3.25. The zero-order valence-electron chi connectivity index (χ0n) is 16.3. The standard InChI is InChI=1S/C22H16FNO6S/c1-2-29-22(28)19-14(18-15(23)8-5-9-16(18)31-19)11-30-17(25)10-24-20(26)12-6-3-4-7-13(12)21(24)27/h3-9H,2,10-11H2,1H3. The van der Waals surface area contributed by atoms with Gasteiger partial charge in [-0.05, 0) is 31.2 Å². The Balaban J connectivity index is 1.54. The highest BCUT2D eigenvalue weighted by molar-refractivity contribution is 7.21. The topological polar surface area (TPSA) is 90.0 Å². The molecule has 4 rings (SSSR count). The van der Waals surface area contributed by atoms with Gasteiger partial charge in [0.15, 0.2) is 0 Å². The van der Waals surface area contributed by atoms with Crippen LogP contribution in [0.5, 0.6) is 0 Å². The van der Waals surface area contributed by atoms with Crippen LogP contribution in [0.15, 0.2) is 42.5 Å². The smallest absolute Gasteiger partial charge is 0.348 e. The van der Waals surface area contributed by atoms with Crippen LogP contribution in [0.2, 0.25) is 0 Å². The van der Waals surface area contributed by atoms with Crippen molar-refractivity contribution in [2.24, 2.45) is 0 Å². The molecule has 0 aliphatic carbocycles. The molecular weight excluding hydrogens is 425 g/mol. The number of amides is 2. The molecule has 0 saturated carbocycles. The fourth-order valence-electron chi connectivity index (χ4n) is 3.38. The fourth-order valence-corrected chi connectivity index (χ4v) is 4.49. The first kappa shape index (κ1) is 20.7. The Morgan fingerprint density at radius 1 is 1.00 bits per heavy atom. The summed E-state index contributed by atoms with van der Waals surface area (Å²) in [6.45, 7) is 0.783. The number of hydrogen-bond acceptors (Lipinski definition) is 7. The normalized spacial score (nSPS) is 12.9. The molecule has 3 aromatic rings. The van der Waals surface area contributed by atoms with E-state index in [0.29, 0.717) is 4.70 Å². The van der Waals surface area contributed by atoms with Crippen LogP contribution >= 0.6 is 11.3 Å². The number of thiophene rings is 1. The summed E-state index contributed by atoms with van der Waals surface area (Å²) in [4.78, 5) is 50.4. The summed E-state index contributed by atoms with van der Waals surface area (Å²) in [5.41, 5.74) is 0.624. The van der Waals surface area contributed by atoms with E-state index in [1.165, 1.54) is 24.3 Å². The van der Waals surface area contributed by atoms with Gasteiger partial charge in [0.25, 0.3) is 11.8 Å². The molecule has 1 aliphatic heterocycles. The molecule has 1 aliphatic rings. The lowest BCUT2D eigenvalue weighted by atomic mass is 10.1. The maximum atomic E-state index is 14.4. The van der Waals surface area contributed by atoms with Gasteiger partial charge in [-0.3, -0.25) is 19.3 Å². The number of hydrogen-bond donors (Lipinski definition) is 0. The molecule has 31 heavy (non-hydrogen) atoms. The molecule has 0 atom stereocenters. The second-order valence-electron chi connectivity index (χ2n) is 6.65. The van der Waals surface area contributed by atoms with Gasteiger partial charge < -0.3 is 9.47 Å². The average molecular weight is 441 g/mol. The molecule has 0 unspecified atom stereocenters. The predicted octanol–water partition coefficient (Wildman–Crippen LogP) is 3.56. The number of nitrogens with zero attached hydrogens (tertiary/aromatic N) is 1. The van der Waals surface area contributed by atoms with Gasteiger partial charge in [-0.2, -0.15) is 0 Å². The number of esters is 2. The van der Waals surface area contributed by atoms with Crippen molar-refractivity contribution in [2.75, 3.05) is 13.2 Å². The first-order valence-corrected chi connectivity index (χ1v) is 10.2. The number of carbonyl (C=O) groups is 4. The molecule has 7 nitrogen and oxygen atoms in total. The van der Waals surface area contributed by atoms with E-state index in [4.69, 9.17) is 9.47 Å². The van der Waals surface area contributed by atoms with Crippen molar-refractivity contribution < 1.29 is 33.0 Å².